The highest BCUT2D eigenvalue weighted by Gasteiger charge is 2.31. The topological polar surface area (TPSA) is 77.2 Å². The van der Waals surface area contributed by atoms with E-state index in [9.17, 15) is 4.79 Å². The number of hydrogen-bond acceptors (Lipinski definition) is 4. The first-order valence-electron chi connectivity index (χ1n) is 7.67. The number of nitrogens with two attached hydrogens (primary N) is 1. The Labute approximate surface area is 174 Å². The van der Waals surface area contributed by atoms with Gasteiger partial charge in [-0.2, -0.15) is 0 Å². The van der Waals surface area contributed by atoms with Crippen LogP contribution in [0.15, 0.2) is 36.5 Å². The van der Waals surface area contributed by atoms with Crippen molar-refractivity contribution in [2.45, 2.75) is 18.9 Å². The number of amides is 1. The molecule has 1 fully saturated rings. The summed E-state index contributed by atoms with van der Waals surface area (Å²) in [6, 6.07) is 8.38. The fourth-order valence-corrected chi connectivity index (χ4v) is 2.70. The molecule has 1 aromatic heterocycles. The zero-order valence-corrected chi connectivity index (χ0v) is 16.8. The minimum atomic E-state index is -0.183. The summed E-state index contributed by atoms with van der Waals surface area (Å²) in [7, 11) is 0. The van der Waals surface area contributed by atoms with E-state index in [2.05, 4.69) is 10.3 Å². The number of benzene rings is 1. The molecule has 1 aliphatic carbocycles. The molecule has 1 saturated carbocycles. The number of nitrogens with one attached hydrogen (secondary N) is 1. The van der Waals surface area contributed by atoms with Gasteiger partial charge in [0.2, 0.25) is 5.88 Å². The normalized spacial score (nSPS) is 13.8. The molecule has 26 heavy (non-hydrogen) atoms. The van der Waals surface area contributed by atoms with Crippen molar-refractivity contribution in [3.8, 4) is 11.6 Å². The van der Waals surface area contributed by atoms with E-state index in [4.69, 9.17) is 33.7 Å². The summed E-state index contributed by atoms with van der Waals surface area (Å²) < 4.78 is 5.60. The molecule has 2 aromatic rings. The maximum absolute atomic E-state index is 12.2. The molecule has 1 amide bonds. The van der Waals surface area contributed by atoms with E-state index in [1.807, 2.05) is 0 Å². The molecule has 9 heteroatoms. The monoisotopic (exact) mass is 437 g/mol. The van der Waals surface area contributed by atoms with E-state index in [0.717, 1.165) is 12.8 Å². The van der Waals surface area contributed by atoms with Crippen LogP contribution in [0, 0.1) is 5.92 Å². The third-order valence-corrected chi connectivity index (χ3v) is 4.69. The van der Waals surface area contributed by atoms with Crippen molar-refractivity contribution in [2.75, 3.05) is 6.54 Å². The van der Waals surface area contributed by atoms with Crippen LogP contribution in [0.5, 0.6) is 11.6 Å². The van der Waals surface area contributed by atoms with Gasteiger partial charge in [-0.1, -0.05) is 29.3 Å². The SMILES string of the molecule is Cl.Cl.NCC(NC(=O)c1ccc(Oc2cccc(Cl)c2Cl)nc1)C1CC1. The second kappa shape index (κ2) is 10.2. The van der Waals surface area contributed by atoms with Crippen LogP contribution in [-0.4, -0.2) is 23.5 Å². The summed E-state index contributed by atoms with van der Waals surface area (Å²) in [5.74, 6) is 1.05. The zero-order valence-electron chi connectivity index (χ0n) is 13.7. The first kappa shape index (κ1) is 22.8. The maximum Gasteiger partial charge on any atom is 0.253 e. The van der Waals surface area contributed by atoms with Gasteiger partial charge in [0, 0.05) is 24.8 Å². The highest BCUT2D eigenvalue weighted by atomic mass is 35.5. The van der Waals surface area contributed by atoms with Gasteiger partial charge in [0.1, 0.15) is 10.8 Å². The molecule has 0 spiro atoms. The van der Waals surface area contributed by atoms with Crippen LogP contribution in [-0.2, 0) is 0 Å². The fourth-order valence-electron chi connectivity index (χ4n) is 2.37. The number of pyridine rings is 1. The van der Waals surface area contributed by atoms with E-state index in [1.54, 1.807) is 30.3 Å². The molecule has 0 radical (unpaired) electrons. The van der Waals surface area contributed by atoms with Crippen molar-refractivity contribution in [2.24, 2.45) is 11.7 Å². The van der Waals surface area contributed by atoms with Crippen molar-refractivity contribution < 1.29 is 9.53 Å². The number of carbonyl (C=O) groups excluding carboxylic acids is 1. The van der Waals surface area contributed by atoms with Gasteiger partial charge in [-0.3, -0.25) is 4.79 Å². The standard InChI is InChI=1S/C17H17Cl2N3O2.2ClH/c18-12-2-1-3-14(16(12)19)24-15-7-6-11(9-21-15)17(23)22-13(8-20)10-4-5-10;;/h1-3,6-7,9-10,13H,4-5,8,20H2,(H,22,23);2*1H. The summed E-state index contributed by atoms with van der Waals surface area (Å²) >= 11 is 12.0. The number of ether oxygens (including phenoxy) is 1. The van der Waals surface area contributed by atoms with Crippen molar-refractivity contribution in [3.05, 3.63) is 52.1 Å². The van der Waals surface area contributed by atoms with Gasteiger partial charge in [-0.15, -0.1) is 24.8 Å². The van der Waals surface area contributed by atoms with Crippen LogP contribution in [0.1, 0.15) is 23.2 Å². The Bertz CT molecular complexity index is 739. The molecule has 5 nitrogen and oxygen atoms in total. The van der Waals surface area contributed by atoms with Gasteiger partial charge >= 0.3 is 0 Å². The highest BCUT2D eigenvalue weighted by Crippen LogP contribution is 2.34. The second-order valence-corrected chi connectivity index (χ2v) is 6.48. The fraction of sp³-hybridized carbons (Fsp3) is 0.294. The number of hydrogen-bond donors (Lipinski definition) is 2. The van der Waals surface area contributed by atoms with Gasteiger partial charge < -0.3 is 15.8 Å². The van der Waals surface area contributed by atoms with Gasteiger partial charge in [0.25, 0.3) is 5.91 Å². The molecule has 0 aliphatic heterocycles. The van der Waals surface area contributed by atoms with Crippen molar-refractivity contribution in [1.82, 2.24) is 10.3 Å². The summed E-state index contributed by atoms with van der Waals surface area (Å²) in [6.07, 6.45) is 3.70. The average molecular weight is 439 g/mol. The Morgan fingerprint density at radius 1 is 1.27 bits per heavy atom. The third-order valence-electron chi connectivity index (χ3n) is 3.89. The van der Waals surface area contributed by atoms with E-state index in [0.29, 0.717) is 39.7 Å². The van der Waals surface area contributed by atoms with Gasteiger partial charge in [-0.25, -0.2) is 4.98 Å². The smallest absolute Gasteiger partial charge is 0.253 e. The predicted molar refractivity (Wildman–Crippen MR) is 108 cm³/mol. The minimum Gasteiger partial charge on any atom is -0.437 e. The van der Waals surface area contributed by atoms with E-state index in [-0.39, 0.29) is 36.8 Å². The molecule has 1 aromatic carbocycles. The maximum atomic E-state index is 12.2. The number of nitrogens with zero attached hydrogens (tertiary/aromatic N) is 1. The number of aromatic nitrogens is 1. The van der Waals surface area contributed by atoms with Crippen LogP contribution < -0.4 is 15.8 Å². The Kier molecular flexibility index (Phi) is 8.93. The molecule has 1 heterocycles. The second-order valence-electron chi connectivity index (χ2n) is 5.69. The van der Waals surface area contributed by atoms with Crippen molar-refractivity contribution in [1.29, 1.82) is 0 Å². The van der Waals surface area contributed by atoms with Crippen LogP contribution in [0.4, 0.5) is 0 Å². The molecule has 0 saturated heterocycles. The largest absolute Gasteiger partial charge is 0.437 e. The quantitative estimate of drug-likeness (QED) is 0.696. The molecule has 3 N–H and O–H groups in total. The van der Waals surface area contributed by atoms with Crippen molar-refractivity contribution in [3.63, 3.8) is 0 Å². The van der Waals surface area contributed by atoms with E-state index < -0.39 is 0 Å². The molecular formula is C17H19Cl4N3O2. The first-order chi connectivity index (χ1) is 11.6. The number of carbonyl (C=O) groups is 1. The Morgan fingerprint density at radius 3 is 2.58 bits per heavy atom. The average Bonchev–Trinajstić information content (AvgIpc) is 3.42. The van der Waals surface area contributed by atoms with Crippen LogP contribution >= 0.6 is 48.0 Å². The highest BCUT2D eigenvalue weighted by molar-refractivity contribution is 6.42. The summed E-state index contributed by atoms with van der Waals surface area (Å²) in [5, 5.41) is 3.67. The molecule has 1 aliphatic rings. The first-order valence-corrected chi connectivity index (χ1v) is 8.43. The van der Waals surface area contributed by atoms with E-state index >= 15 is 0 Å². The minimum absolute atomic E-state index is 0. The van der Waals surface area contributed by atoms with Crippen LogP contribution in [0.2, 0.25) is 10.0 Å². The lowest BCUT2D eigenvalue weighted by atomic mass is 10.1. The van der Waals surface area contributed by atoms with Gasteiger partial charge in [-0.05, 0) is 37.0 Å². The van der Waals surface area contributed by atoms with Crippen LogP contribution in [0.3, 0.4) is 0 Å². The summed E-state index contributed by atoms with van der Waals surface area (Å²) in [5.41, 5.74) is 6.16. The summed E-state index contributed by atoms with van der Waals surface area (Å²) in [6.45, 7) is 0.443. The Balaban J connectivity index is 0.00000169. The summed E-state index contributed by atoms with van der Waals surface area (Å²) in [4.78, 5) is 16.4. The Hall–Kier alpha value is -1.24. The van der Waals surface area contributed by atoms with Crippen molar-refractivity contribution >= 4 is 53.9 Å². The lowest BCUT2D eigenvalue weighted by molar-refractivity contribution is 0.0933. The van der Waals surface area contributed by atoms with Crippen LogP contribution in [0.25, 0.3) is 0 Å². The van der Waals surface area contributed by atoms with Gasteiger partial charge in [0.05, 0.1) is 10.6 Å². The molecule has 142 valence electrons. The number of halogens is 4. The lowest BCUT2D eigenvalue weighted by Gasteiger charge is -2.16. The molecule has 1 atom stereocenters. The molecule has 0 bridgehead atoms. The molecule has 1 unspecified atom stereocenters. The third kappa shape index (κ3) is 5.63. The van der Waals surface area contributed by atoms with E-state index in [1.165, 1.54) is 6.20 Å². The molecular weight excluding hydrogens is 420 g/mol. The predicted octanol–water partition coefficient (Wildman–Crippen LogP) is 4.49. The Morgan fingerprint density at radius 2 is 2.00 bits per heavy atom. The molecule has 3 rings (SSSR count). The zero-order chi connectivity index (χ0) is 17.1. The number of rotatable bonds is 6. The van der Waals surface area contributed by atoms with Gasteiger partial charge in [0.15, 0.2) is 0 Å². The lowest BCUT2D eigenvalue weighted by Crippen LogP contribution is -2.41.